The van der Waals surface area contributed by atoms with Crippen LogP contribution in [0.5, 0.6) is 0 Å². The molecule has 0 heterocycles. The Morgan fingerprint density at radius 1 is 1.53 bits per heavy atom. The Bertz CT molecular complexity index is 179. The molecule has 1 atom stereocenters. The van der Waals surface area contributed by atoms with Gasteiger partial charge in [0.1, 0.15) is 0 Å². The largest absolute Gasteiger partial charge is 0.469 e. The molecule has 0 fully saturated rings. The third kappa shape index (κ3) is 6.47. The molecule has 0 aromatic heterocycles. The molecule has 2 N–H and O–H groups in total. The minimum Gasteiger partial charge on any atom is -0.469 e. The van der Waals surface area contributed by atoms with Crippen LogP contribution in [0.4, 0.5) is 0 Å². The summed E-state index contributed by atoms with van der Waals surface area (Å²) >= 11 is 0. The van der Waals surface area contributed by atoms with E-state index in [0.717, 1.165) is 25.9 Å². The SMILES string of the molecule is CCC(C)(CO)CNCCCC(=O)OC. The van der Waals surface area contributed by atoms with Crippen molar-refractivity contribution in [1.82, 2.24) is 5.32 Å². The lowest BCUT2D eigenvalue weighted by atomic mass is 9.89. The van der Waals surface area contributed by atoms with Gasteiger partial charge in [-0.15, -0.1) is 0 Å². The predicted octanol–water partition coefficient (Wildman–Crippen LogP) is 0.938. The molecule has 90 valence electrons. The average Bonchev–Trinajstić information content (AvgIpc) is 2.27. The summed E-state index contributed by atoms with van der Waals surface area (Å²) in [7, 11) is 1.40. The molecular weight excluding hydrogens is 194 g/mol. The van der Waals surface area contributed by atoms with Crippen molar-refractivity contribution in [3.8, 4) is 0 Å². The fourth-order valence-corrected chi connectivity index (χ4v) is 1.14. The number of carbonyl (C=O) groups is 1. The van der Waals surface area contributed by atoms with E-state index < -0.39 is 0 Å². The average molecular weight is 217 g/mol. The number of hydrogen-bond acceptors (Lipinski definition) is 4. The van der Waals surface area contributed by atoms with Crippen LogP contribution in [-0.2, 0) is 9.53 Å². The summed E-state index contributed by atoms with van der Waals surface area (Å²) in [5.74, 6) is -0.169. The zero-order valence-electron chi connectivity index (χ0n) is 10.0. The lowest BCUT2D eigenvalue weighted by Gasteiger charge is -2.25. The van der Waals surface area contributed by atoms with Crippen molar-refractivity contribution in [2.45, 2.75) is 33.1 Å². The number of aliphatic hydroxyl groups is 1. The molecule has 4 nitrogen and oxygen atoms in total. The monoisotopic (exact) mass is 217 g/mol. The maximum Gasteiger partial charge on any atom is 0.305 e. The van der Waals surface area contributed by atoms with Gasteiger partial charge >= 0.3 is 5.97 Å². The molecule has 0 saturated heterocycles. The van der Waals surface area contributed by atoms with Gasteiger partial charge in [0.05, 0.1) is 7.11 Å². The second-order valence-corrected chi connectivity index (χ2v) is 4.18. The quantitative estimate of drug-likeness (QED) is 0.469. The van der Waals surface area contributed by atoms with Crippen molar-refractivity contribution < 1.29 is 14.6 Å². The van der Waals surface area contributed by atoms with E-state index in [-0.39, 0.29) is 18.0 Å². The standard InChI is InChI=1S/C11H23NO3/c1-4-11(2,9-13)8-12-7-5-6-10(14)15-3/h12-13H,4-9H2,1-3H3. The molecule has 0 rings (SSSR count). The highest BCUT2D eigenvalue weighted by molar-refractivity contribution is 5.69. The zero-order valence-corrected chi connectivity index (χ0v) is 10.0. The summed E-state index contributed by atoms with van der Waals surface area (Å²) in [5, 5.41) is 12.4. The van der Waals surface area contributed by atoms with Crippen molar-refractivity contribution in [2.75, 3.05) is 26.8 Å². The van der Waals surface area contributed by atoms with E-state index in [1.807, 2.05) is 6.92 Å². The van der Waals surface area contributed by atoms with Gasteiger partial charge in [0.15, 0.2) is 0 Å². The van der Waals surface area contributed by atoms with Gasteiger partial charge in [0.25, 0.3) is 0 Å². The fraction of sp³-hybridized carbons (Fsp3) is 0.909. The van der Waals surface area contributed by atoms with E-state index in [0.29, 0.717) is 6.42 Å². The Kier molecular flexibility index (Phi) is 7.34. The van der Waals surface area contributed by atoms with Crippen molar-refractivity contribution in [2.24, 2.45) is 5.41 Å². The molecule has 0 bridgehead atoms. The van der Waals surface area contributed by atoms with Gasteiger partial charge in [-0.2, -0.15) is 0 Å². The molecule has 0 aliphatic heterocycles. The van der Waals surface area contributed by atoms with E-state index in [2.05, 4.69) is 17.0 Å². The number of hydrogen-bond donors (Lipinski definition) is 2. The number of rotatable bonds is 8. The van der Waals surface area contributed by atoms with Crippen molar-refractivity contribution in [3.05, 3.63) is 0 Å². The molecule has 0 aromatic carbocycles. The predicted molar refractivity (Wildman–Crippen MR) is 59.6 cm³/mol. The summed E-state index contributed by atoms with van der Waals surface area (Å²) in [5.41, 5.74) is -0.0503. The lowest BCUT2D eigenvalue weighted by Crippen LogP contribution is -2.34. The summed E-state index contributed by atoms with van der Waals surface area (Å²) in [6, 6.07) is 0. The fourth-order valence-electron chi connectivity index (χ4n) is 1.14. The van der Waals surface area contributed by atoms with Crippen LogP contribution in [0.3, 0.4) is 0 Å². The molecular formula is C11H23NO3. The number of ether oxygens (including phenoxy) is 1. The molecule has 0 amide bonds. The highest BCUT2D eigenvalue weighted by Crippen LogP contribution is 2.18. The number of esters is 1. The summed E-state index contributed by atoms with van der Waals surface area (Å²) in [4.78, 5) is 10.8. The zero-order chi connectivity index (χ0) is 11.7. The molecule has 15 heavy (non-hydrogen) atoms. The highest BCUT2D eigenvalue weighted by Gasteiger charge is 2.19. The van der Waals surface area contributed by atoms with E-state index in [9.17, 15) is 4.79 Å². The maximum atomic E-state index is 10.8. The van der Waals surface area contributed by atoms with Crippen molar-refractivity contribution in [1.29, 1.82) is 0 Å². The van der Waals surface area contributed by atoms with Gasteiger partial charge in [-0.3, -0.25) is 4.79 Å². The number of methoxy groups -OCH3 is 1. The van der Waals surface area contributed by atoms with Crippen LogP contribution in [0, 0.1) is 5.41 Å². The molecule has 4 heteroatoms. The summed E-state index contributed by atoms with van der Waals surface area (Å²) < 4.78 is 4.53. The van der Waals surface area contributed by atoms with Gasteiger partial charge < -0.3 is 15.2 Å². The Morgan fingerprint density at radius 2 is 2.20 bits per heavy atom. The smallest absolute Gasteiger partial charge is 0.305 e. The number of nitrogens with one attached hydrogen (secondary N) is 1. The third-order valence-electron chi connectivity index (χ3n) is 2.75. The minimum atomic E-state index is -0.169. The maximum absolute atomic E-state index is 10.8. The summed E-state index contributed by atoms with van der Waals surface area (Å²) in [6.07, 6.45) is 2.16. The normalized spacial score (nSPS) is 14.7. The van der Waals surface area contributed by atoms with Gasteiger partial charge in [0.2, 0.25) is 0 Å². The molecule has 0 aliphatic carbocycles. The Hall–Kier alpha value is -0.610. The number of aliphatic hydroxyl groups excluding tert-OH is 1. The van der Waals surface area contributed by atoms with Gasteiger partial charge in [0, 0.05) is 25.0 Å². The molecule has 0 aromatic rings. The van der Waals surface area contributed by atoms with Crippen molar-refractivity contribution >= 4 is 5.97 Å². The van der Waals surface area contributed by atoms with Gasteiger partial charge in [-0.05, 0) is 19.4 Å². The van der Waals surface area contributed by atoms with Crippen LogP contribution < -0.4 is 5.32 Å². The van der Waals surface area contributed by atoms with Gasteiger partial charge in [-0.25, -0.2) is 0 Å². The van der Waals surface area contributed by atoms with E-state index in [1.165, 1.54) is 7.11 Å². The van der Waals surface area contributed by atoms with Crippen LogP contribution in [-0.4, -0.2) is 37.9 Å². The first-order valence-electron chi connectivity index (χ1n) is 5.46. The second-order valence-electron chi connectivity index (χ2n) is 4.18. The first kappa shape index (κ1) is 14.4. The van der Waals surface area contributed by atoms with E-state index in [4.69, 9.17) is 5.11 Å². The first-order valence-corrected chi connectivity index (χ1v) is 5.46. The summed E-state index contributed by atoms with van der Waals surface area (Å²) in [6.45, 7) is 5.85. The Morgan fingerprint density at radius 3 is 2.67 bits per heavy atom. The minimum absolute atomic E-state index is 0.0503. The Labute approximate surface area is 92.0 Å². The third-order valence-corrected chi connectivity index (χ3v) is 2.75. The van der Waals surface area contributed by atoms with Crippen LogP contribution >= 0.6 is 0 Å². The van der Waals surface area contributed by atoms with Crippen molar-refractivity contribution in [3.63, 3.8) is 0 Å². The van der Waals surface area contributed by atoms with E-state index >= 15 is 0 Å². The topological polar surface area (TPSA) is 58.6 Å². The molecule has 1 unspecified atom stereocenters. The van der Waals surface area contributed by atoms with E-state index in [1.54, 1.807) is 0 Å². The molecule has 0 aliphatic rings. The molecule has 0 saturated carbocycles. The lowest BCUT2D eigenvalue weighted by molar-refractivity contribution is -0.140. The second kappa shape index (κ2) is 7.65. The Balaban J connectivity index is 3.49. The van der Waals surface area contributed by atoms with Gasteiger partial charge in [-0.1, -0.05) is 13.8 Å². The first-order chi connectivity index (χ1) is 7.08. The van der Waals surface area contributed by atoms with Crippen LogP contribution in [0.15, 0.2) is 0 Å². The molecule has 0 radical (unpaired) electrons. The van der Waals surface area contributed by atoms with Crippen LogP contribution in [0.2, 0.25) is 0 Å². The molecule has 0 spiro atoms. The van der Waals surface area contributed by atoms with Crippen LogP contribution in [0.25, 0.3) is 0 Å². The highest BCUT2D eigenvalue weighted by atomic mass is 16.5. The van der Waals surface area contributed by atoms with Crippen LogP contribution in [0.1, 0.15) is 33.1 Å². The number of carbonyl (C=O) groups excluding carboxylic acids is 1.